The Morgan fingerprint density at radius 2 is 2.21 bits per heavy atom. The van der Waals surface area contributed by atoms with Crippen molar-refractivity contribution < 1.29 is 19.8 Å². The molecule has 0 amide bonds. The summed E-state index contributed by atoms with van der Waals surface area (Å²) in [6.45, 7) is 5.58. The minimum absolute atomic E-state index is 0.129. The lowest BCUT2D eigenvalue weighted by atomic mass is 9.59. The summed E-state index contributed by atoms with van der Waals surface area (Å²) in [7, 11) is 0. The van der Waals surface area contributed by atoms with Crippen molar-refractivity contribution in [3.63, 3.8) is 0 Å². The number of fused-ring (bicyclic) bond motifs is 1. The number of aldehydes is 1. The molecule has 4 nitrogen and oxygen atoms in total. The zero-order valence-corrected chi connectivity index (χ0v) is 11.2. The second-order valence-corrected chi connectivity index (χ2v) is 5.88. The molecule has 0 bridgehead atoms. The minimum Gasteiger partial charge on any atom is -0.478 e. The van der Waals surface area contributed by atoms with Gasteiger partial charge in [-0.05, 0) is 43.6 Å². The second kappa shape index (κ2) is 4.93. The Bertz CT molecular complexity index is 463. The highest BCUT2D eigenvalue weighted by atomic mass is 16.4. The van der Waals surface area contributed by atoms with Crippen molar-refractivity contribution in [3.8, 4) is 0 Å². The Labute approximate surface area is 112 Å². The van der Waals surface area contributed by atoms with Gasteiger partial charge in [-0.25, -0.2) is 4.79 Å². The molecule has 0 aliphatic heterocycles. The first kappa shape index (κ1) is 14.0. The van der Waals surface area contributed by atoms with E-state index in [-0.39, 0.29) is 16.9 Å². The quantitative estimate of drug-likeness (QED) is 0.604. The molecule has 0 spiro atoms. The summed E-state index contributed by atoms with van der Waals surface area (Å²) in [6, 6.07) is 0. The van der Waals surface area contributed by atoms with Crippen LogP contribution in [0.5, 0.6) is 0 Å². The van der Waals surface area contributed by atoms with Crippen LogP contribution < -0.4 is 0 Å². The third kappa shape index (κ3) is 2.25. The number of aliphatic hydroxyl groups is 1. The van der Waals surface area contributed by atoms with E-state index in [2.05, 4.69) is 6.58 Å². The number of rotatable bonds is 3. The van der Waals surface area contributed by atoms with E-state index in [1.54, 1.807) is 0 Å². The van der Waals surface area contributed by atoms with E-state index in [1.807, 2.05) is 6.92 Å². The second-order valence-electron chi connectivity index (χ2n) is 5.88. The molecule has 0 aromatic rings. The van der Waals surface area contributed by atoms with Crippen molar-refractivity contribution in [2.24, 2.45) is 11.3 Å². The zero-order chi connectivity index (χ0) is 14.2. The predicted octanol–water partition coefficient (Wildman–Crippen LogP) is 2.08. The molecule has 1 fully saturated rings. The van der Waals surface area contributed by atoms with Gasteiger partial charge in [0.1, 0.15) is 6.29 Å². The number of carbonyl (C=O) groups is 2. The Balaban J connectivity index is 2.38. The highest BCUT2D eigenvalue weighted by Gasteiger charge is 2.46. The molecular weight excluding hydrogens is 244 g/mol. The molecule has 104 valence electrons. The van der Waals surface area contributed by atoms with E-state index in [1.165, 1.54) is 0 Å². The van der Waals surface area contributed by atoms with Crippen LogP contribution in [0.1, 0.15) is 39.0 Å². The van der Waals surface area contributed by atoms with E-state index in [4.69, 9.17) is 5.11 Å². The fraction of sp³-hybridized carbons (Fsp3) is 0.600. The van der Waals surface area contributed by atoms with Gasteiger partial charge < -0.3 is 10.2 Å². The normalized spacial score (nSPS) is 34.6. The molecule has 0 unspecified atom stereocenters. The first-order valence-electron chi connectivity index (χ1n) is 6.68. The van der Waals surface area contributed by atoms with E-state index in [0.29, 0.717) is 12.8 Å². The number of carboxylic acid groups (broad SMARTS) is 1. The van der Waals surface area contributed by atoms with E-state index >= 15 is 0 Å². The number of aliphatic hydroxyl groups excluding tert-OH is 1. The van der Waals surface area contributed by atoms with Gasteiger partial charge >= 0.3 is 5.97 Å². The Morgan fingerprint density at radius 3 is 2.79 bits per heavy atom. The van der Waals surface area contributed by atoms with Crippen LogP contribution in [-0.2, 0) is 9.59 Å². The maximum Gasteiger partial charge on any atom is 0.331 e. The number of carbonyl (C=O) groups excluding carboxylic acids is 1. The van der Waals surface area contributed by atoms with Crippen LogP contribution in [0.3, 0.4) is 0 Å². The number of carboxylic acids is 1. The zero-order valence-electron chi connectivity index (χ0n) is 11.2. The summed E-state index contributed by atoms with van der Waals surface area (Å²) < 4.78 is 0. The van der Waals surface area contributed by atoms with E-state index in [9.17, 15) is 14.7 Å². The number of hydrogen-bond donors (Lipinski definition) is 2. The first-order valence-corrected chi connectivity index (χ1v) is 6.68. The van der Waals surface area contributed by atoms with Gasteiger partial charge in [0.25, 0.3) is 0 Å². The molecule has 0 radical (unpaired) electrons. The predicted molar refractivity (Wildman–Crippen MR) is 70.6 cm³/mol. The molecular formula is C15H20O4. The Kier molecular flexibility index (Phi) is 3.63. The molecule has 19 heavy (non-hydrogen) atoms. The summed E-state index contributed by atoms with van der Waals surface area (Å²) in [5.41, 5.74) is 1.45. The van der Waals surface area contributed by atoms with Crippen molar-refractivity contribution in [1.82, 2.24) is 0 Å². The summed E-state index contributed by atoms with van der Waals surface area (Å²) in [5, 5.41) is 19.4. The smallest absolute Gasteiger partial charge is 0.331 e. The van der Waals surface area contributed by atoms with Crippen molar-refractivity contribution in [1.29, 1.82) is 0 Å². The van der Waals surface area contributed by atoms with Gasteiger partial charge in [0.15, 0.2) is 0 Å². The number of aliphatic carboxylic acids is 1. The topological polar surface area (TPSA) is 74.6 Å². The van der Waals surface area contributed by atoms with Crippen molar-refractivity contribution in [3.05, 3.63) is 23.3 Å². The number of allylic oxidation sites excluding steroid dienone is 1. The summed E-state index contributed by atoms with van der Waals surface area (Å²) in [4.78, 5) is 22.2. The molecule has 0 heterocycles. The van der Waals surface area contributed by atoms with Crippen molar-refractivity contribution >= 4 is 12.3 Å². The number of hydrogen-bond acceptors (Lipinski definition) is 3. The van der Waals surface area contributed by atoms with Crippen LogP contribution in [0.2, 0.25) is 0 Å². The van der Waals surface area contributed by atoms with Crippen LogP contribution >= 0.6 is 0 Å². The highest BCUT2D eigenvalue weighted by Crippen LogP contribution is 2.51. The van der Waals surface area contributed by atoms with Gasteiger partial charge in [-0.15, -0.1) is 0 Å². The van der Waals surface area contributed by atoms with Crippen LogP contribution in [0, 0.1) is 11.3 Å². The van der Waals surface area contributed by atoms with Crippen molar-refractivity contribution in [2.75, 3.05) is 0 Å². The molecule has 2 rings (SSSR count). The summed E-state index contributed by atoms with van der Waals surface area (Å²) in [6.07, 6.45) is 3.69. The van der Waals surface area contributed by atoms with Crippen LogP contribution in [0.15, 0.2) is 23.3 Å². The van der Waals surface area contributed by atoms with Crippen LogP contribution in [-0.4, -0.2) is 28.6 Å². The lowest BCUT2D eigenvalue weighted by Gasteiger charge is -2.47. The van der Waals surface area contributed by atoms with E-state index < -0.39 is 12.1 Å². The Hall–Kier alpha value is -1.42. The standard InChI is InChI=1S/C15H20O4/c1-9(14(18)19)11-6-12-10(8-16)4-3-5-15(12,2)13(17)7-11/h8,11,13,17H,1,3-7H2,2H3,(H,18,19)/t11-,13-,15-/m0/s1. The van der Waals surface area contributed by atoms with Crippen molar-refractivity contribution in [2.45, 2.75) is 45.1 Å². The molecule has 0 saturated heterocycles. The minimum atomic E-state index is -1.02. The molecule has 3 atom stereocenters. The van der Waals surface area contributed by atoms with Gasteiger partial charge in [0.05, 0.1) is 6.10 Å². The van der Waals surface area contributed by atoms with Gasteiger partial charge in [-0.2, -0.15) is 0 Å². The SMILES string of the molecule is C=C(C(=O)O)[C@H]1CC2=C(C=O)CCC[C@]2(C)[C@@H](O)C1. The average molecular weight is 264 g/mol. The van der Waals surface area contributed by atoms with Gasteiger partial charge in [0, 0.05) is 11.0 Å². The Morgan fingerprint density at radius 1 is 1.53 bits per heavy atom. The van der Waals surface area contributed by atoms with Gasteiger partial charge in [0.2, 0.25) is 0 Å². The molecule has 1 saturated carbocycles. The highest BCUT2D eigenvalue weighted by molar-refractivity contribution is 5.86. The average Bonchev–Trinajstić information content (AvgIpc) is 2.38. The maximum absolute atomic E-state index is 11.2. The summed E-state index contributed by atoms with van der Waals surface area (Å²) >= 11 is 0. The molecule has 0 aromatic carbocycles. The lowest BCUT2D eigenvalue weighted by Crippen LogP contribution is -2.43. The third-order valence-corrected chi connectivity index (χ3v) is 4.82. The van der Waals surface area contributed by atoms with Crippen LogP contribution in [0.25, 0.3) is 0 Å². The summed E-state index contributed by atoms with van der Waals surface area (Å²) in [5.74, 6) is -1.30. The van der Waals surface area contributed by atoms with Crippen LogP contribution in [0.4, 0.5) is 0 Å². The third-order valence-electron chi connectivity index (χ3n) is 4.82. The van der Waals surface area contributed by atoms with Gasteiger partial charge in [-0.3, -0.25) is 4.79 Å². The fourth-order valence-corrected chi connectivity index (χ4v) is 3.48. The first-order chi connectivity index (χ1) is 8.90. The lowest BCUT2D eigenvalue weighted by molar-refractivity contribution is -0.133. The molecule has 2 aliphatic rings. The molecule has 2 aliphatic carbocycles. The molecule has 0 aromatic heterocycles. The molecule has 4 heteroatoms. The fourth-order valence-electron chi connectivity index (χ4n) is 3.48. The van der Waals surface area contributed by atoms with E-state index in [0.717, 1.165) is 36.7 Å². The molecule has 2 N–H and O–H groups in total. The largest absolute Gasteiger partial charge is 0.478 e. The maximum atomic E-state index is 11.2. The van der Waals surface area contributed by atoms with Gasteiger partial charge in [-0.1, -0.05) is 19.1 Å². The monoisotopic (exact) mass is 264 g/mol.